The van der Waals surface area contributed by atoms with Gasteiger partial charge in [0.15, 0.2) is 5.60 Å². The first-order chi connectivity index (χ1) is 21.0. The summed E-state index contributed by atoms with van der Waals surface area (Å²) in [5, 5.41) is 18.7. The minimum absolute atomic E-state index is 0.0531. The van der Waals surface area contributed by atoms with Crippen molar-refractivity contribution in [3.05, 3.63) is 92.7 Å². The van der Waals surface area contributed by atoms with Gasteiger partial charge in [-0.3, -0.25) is 14.4 Å². The number of benzene rings is 3. The maximum absolute atomic E-state index is 14.8. The summed E-state index contributed by atoms with van der Waals surface area (Å²) in [6.07, 6.45) is 0.469. The predicted molar refractivity (Wildman–Crippen MR) is 167 cm³/mol. The normalized spacial score (nSPS) is 21.1. The van der Waals surface area contributed by atoms with Crippen LogP contribution in [0.25, 0.3) is 0 Å². The summed E-state index contributed by atoms with van der Waals surface area (Å²) in [7, 11) is 0. The van der Waals surface area contributed by atoms with E-state index in [1.165, 1.54) is 12.1 Å². The number of ether oxygens (including phenoxy) is 1. The number of amides is 3. The Morgan fingerprint density at radius 2 is 1.77 bits per heavy atom. The van der Waals surface area contributed by atoms with Crippen LogP contribution in [0, 0.1) is 12.7 Å². The third-order valence-corrected chi connectivity index (χ3v) is 9.38. The first-order valence-electron chi connectivity index (χ1n) is 14.5. The van der Waals surface area contributed by atoms with E-state index in [1.807, 2.05) is 13.8 Å². The molecule has 232 valence electrons. The number of aliphatic hydroxyl groups excluding tert-OH is 1. The van der Waals surface area contributed by atoms with Crippen molar-refractivity contribution in [2.24, 2.45) is 0 Å². The van der Waals surface area contributed by atoms with Gasteiger partial charge < -0.3 is 25.8 Å². The molecular weight excluding hydrogens is 608 g/mol. The van der Waals surface area contributed by atoms with Gasteiger partial charge >= 0.3 is 0 Å². The zero-order valence-electron chi connectivity index (χ0n) is 24.6. The van der Waals surface area contributed by atoms with Crippen LogP contribution in [0.4, 0.5) is 10.1 Å². The second-order valence-electron chi connectivity index (χ2n) is 11.2. The van der Waals surface area contributed by atoms with Gasteiger partial charge in [-0.15, -0.1) is 0 Å². The summed E-state index contributed by atoms with van der Waals surface area (Å²) < 4.78 is 21.3. The Labute approximate surface area is 265 Å². The minimum atomic E-state index is -1.48. The molecule has 3 aromatic carbocycles. The van der Waals surface area contributed by atoms with Crippen molar-refractivity contribution in [3.63, 3.8) is 0 Å². The van der Waals surface area contributed by atoms with Crippen LogP contribution < -0.4 is 20.7 Å². The van der Waals surface area contributed by atoms with Gasteiger partial charge in [-0.2, -0.15) is 0 Å². The Morgan fingerprint density at radius 3 is 2.48 bits per heavy atom. The topological polar surface area (TPSA) is 117 Å². The number of hydrogen-bond acceptors (Lipinski definition) is 5. The molecule has 2 heterocycles. The Kier molecular flexibility index (Phi) is 8.94. The zero-order chi connectivity index (χ0) is 31.8. The minimum Gasteiger partial charge on any atom is -0.477 e. The number of halogens is 3. The van der Waals surface area contributed by atoms with Crippen LogP contribution in [0.15, 0.2) is 54.6 Å². The smallest absolute Gasteiger partial charge is 0.264 e. The molecule has 2 aliphatic heterocycles. The molecule has 0 bridgehead atoms. The molecule has 3 aromatic rings. The highest BCUT2D eigenvalue weighted by Gasteiger charge is 2.62. The van der Waals surface area contributed by atoms with E-state index in [2.05, 4.69) is 16.0 Å². The molecule has 0 radical (unpaired) electrons. The van der Waals surface area contributed by atoms with Crippen LogP contribution in [0.2, 0.25) is 10.0 Å². The van der Waals surface area contributed by atoms with Crippen LogP contribution in [-0.2, 0) is 19.8 Å². The fourth-order valence-corrected chi connectivity index (χ4v) is 6.98. The van der Waals surface area contributed by atoms with E-state index >= 15 is 0 Å². The summed E-state index contributed by atoms with van der Waals surface area (Å²) in [5.74, 6) is -2.25. The van der Waals surface area contributed by atoms with E-state index in [9.17, 15) is 23.9 Å². The van der Waals surface area contributed by atoms with Crippen molar-refractivity contribution in [2.75, 3.05) is 18.5 Å². The van der Waals surface area contributed by atoms with Gasteiger partial charge in [-0.1, -0.05) is 49.2 Å². The van der Waals surface area contributed by atoms with Crippen molar-refractivity contribution in [1.29, 1.82) is 0 Å². The van der Waals surface area contributed by atoms with Gasteiger partial charge in [-0.05, 0) is 78.9 Å². The number of piperidine rings is 1. The standard InChI is InChI=1S/C33H34Cl2FN3O5/c1-4-32(5-2,30(42)37-12-13-40)44-27-11-8-19(34)14-23(27)25-17-28(41)39-29(22-16-21(36)9-6-18(22)3)33(25)24-10-7-20(35)15-26(24)38-31(33)43/h6-11,14-16,25,29,40H,4-5,12-13,17H2,1-3H3,(H,37,42)(H,38,43)(H,39,41)/t25-,29+,33-/m1/s1. The lowest BCUT2D eigenvalue weighted by molar-refractivity contribution is -0.138. The number of fused-ring (bicyclic) bond motifs is 2. The van der Waals surface area contributed by atoms with Gasteiger partial charge in [0.1, 0.15) is 17.0 Å². The first-order valence-corrected chi connectivity index (χ1v) is 15.3. The van der Waals surface area contributed by atoms with Crippen LogP contribution in [0.3, 0.4) is 0 Å². The largest absolute Gasteiger partial charge is 0.477 e. The van der Waals surface area contributed by atoms with Crippen LogP contribution in [-0.4, -0.2) is 41.6 Å². The molecule has 1 fully saturated rings. The lowest BCUT2D eigenvalue weighted by atomic mass is 9.59. The van der Waals surface area contributed by atoms with E-state index in [0.717, 1.165) is 0 Å². The molecule has 5 rings (SSSR count). The Morgan fingerprint density at radius 1 is 1.07 bits per heavy atom. The Balaban J connectivity index is 1.77. The highest BCUT2D eigenvalue weighted by molar-refractivity contribution is 6.31. The molecule has 2 aliphatic rings. The van der Waals surface area contributed by atoms with Gasteiger partial charge in [0.25, 0.3) is 5.91 Å². The quantitative estimate of drug-likeness (QED) is 0.238. The summed E-state index contributed by atoms with van der Waals surface area (Å²) in [6.45, 7) is 5.25. The third kappa shape index (κ3) is 5.31. The van der Waals surface area contributed by atoms with Crippen molar-refractivity contribution in [1.82, 2.24) is 10.6 Å². The molecule has 0 aromatic heterocycles. The second kappa shape index (κ2) is 12.4. The van der Waals surface area contributed by atoms with Gasteiger partial charge in [0.2, 0.25) is 11.8 Å². The number of nitrogens with one attached hydrogen (secondary N) is 3. The molecule has 3 amide bonds. The van der Waals surface area contributed by atoms with Gasteiger partial charge in [-0.25, -0.2) is 4.39 Å². The SMILES string of the molecule is CCC(CC)(Oc1ccc(Cl)cc1[C@H]1CC(=O)N[C@@H](c2cc(F)ccc2C)[C@]12C(=O)Nc1cc(Cl)ccc12)C(=O)NCCO. The van der Waals surface area contributed by atoms with Crippen LogP contribution in [0.1, 0.15) is 67.3 Å². The maximum Gasteiger partial charge on any atom is 0.264 e. The molecule has 8 nitrogen and oxygen atoms in total. The average molecular weight is 643 g/mol. The highest BCUT2D eigenvalue weighted by atomic mass is 35.5. The van der Waals surface area contributed by atoms with E-state index in [0.29, 0.717) is 50.8 Å². The molecule has 4 N–H and O–H groups in total. The predicted octanol–water partition coefficient (Wildman–Crippen LogP) is 5.72. The number of carbonyl (C=O) groups is 3. The molecule has 1 spiro atoms. The van der Waals surface area contributed by atoms with Gasteiger partial charge in [0.05, 0.1) is 12.6 Å². The molecule has 1 saturated heterocycles. The van der Waals surface area contributed by atoms with E-state index in [4.69, 9.17) is 27.9 Å². The third-order valence-electron chi connectivity index (χ3n) is 8.91. The zero-order valence-corrected chi connectivity index (χ0v) is 26.1. The molecule has 11 heteroatoms. The molecule has 3 atom stereocenters. The summed E-state index contributed by atoms with van der Waals surface area (Å²) in [4.78, 5) is 41.3. The monoisotopic (exact) mass is 641 g/mol. The van der Waals surface area contributed by atoms with Crippen molar-refractivity contribution >= 4 is 46.6 Å². The van der Waals surface area contributed by atoms with E-state index in [-0.39, 0.29) is 31.2 Å². The average Bonchev–Trinajstić information content (AvgIpc) is 3.28. The van der Waals surface area contributed by atoms with Crippen LogP contribution >= 0.6 is 23.2 Å². The fourth-order valence-electron chi connectivity index (χ4n) is 6.63. The first kappa shape index (κ1) is 31.8. The van der Waals surface area contributed by atoms with Crippen molar-refractivity contribution < 1.29 is 28.6 Å². The number of rotatable bonds is 9. The molecule has 0 unspecified atom stereocenters. The molecular formula is C33H34Cl2FN3O5. The molecule has 0 aliphatic carbocycles. The Bertz CT molecular complexity index is 1630. The maximum atomic E-state index is 14.8. The highest BCUT2D eigenvalue weighted by Crippen LogP contribution is 2.59. The van der Waals surface area contributed by atoms with Crippen molar-refractivity contribution in [3.8, 4) is 5.75 Å². The van der Waals surface area contributed by atoms with E-state index < -0.39 is 40.6 Å². The van der Waals surface area contributed by atoms with Crippen LogP contribution in [0.5, 0.6) is 5.75 Å². The summed E-state index contributed by atoms with van der Waals surface area (Å²) >= 11 is 12.9. The lowest BCUT2D eigenvalue weighted by Gasteiger charge is -2.47. The Hall–Kier alpha value is -3.66. The second-order valence-corrected chi connectivity index (χ2v) is 12.1. The summed E-state index contributed by atoms with van der Waals surface area (Å²) in [5.41, 5.74) is -0.150. The fraction of sp³-hybridized carbons (Fsp3) is 0.364. The molecule has 0 saturated carbocycles. The van der Waals surface area contributed by atoms with Gasteiger partial charge in [0, 0.05) is 40.2 Å². The number of aryl methyl sites for hydroxylation is 1. The molecule has 44 heavy (non-hydrogen) atoms. The number of aliphatic hydroxyl groups is 1. The van der Waals surface area contributed by atoms with E-state index in [1.54, 1.807) is 49.4 Å². The summed E-state index contributed by atoms with van der Waals surface area (Å²) in [6, 6.07) is 13.3. The lowest BCUT2D eigenvalue weighted by Crippen LogP contribution is -2.57. The van der Waals surface area contributed by atoms with Crippen molar-refractivity contribution in [2.45, 2.75) is 63.0 Å². The number of carbonyl (C=O) groups excluding carboxylic acids is 3. The number of anilines is 1. The number of hydrogen-bond donors (Lipinski definition) is 4.